The average molecular weight is 862 g/mol. The Balaban J connectivity index is 1.63. The Morgan fingerprint density at radius 2 is 1.39 bits per heavy atom. The molecule has 0 unspecified atom stereocenters. The first-order valence-corrected chi connectivity index (χ1v) is 20.5. The first-order chi connectivity index (χ1) is 29.1. The van der Waals surface area contributed by atoms with Gasteiger partial charge in [0.1, 0.15) is 30.5 Å². The molecule has 62 heavy (non-hydrogen) atoms. The normalized spacial score (nSPS) is 34.1. The zero-order valence-electron chi connectivity index (χ0n) is 36.2. The molecule has 4 bridgehead atoms. The molecule has 6 rings (SSSR count). The lowest BCUT2D eigenvalue weighted by atomic mass is 9.43. The van der Waals surface area contributed by atoms with E-state index in [2.05, 4.69) is 6.58 Å². The highest BCUT2D eigenvalue weighted by molar-refractivity contribution is 5.92. The number of ether oxygens (including phenoxy) is 7. The molecule has 3 saturated carbocycles. The van der Waals surface area contributed by atoms with Gasteiger partial charge in [-0.3, -0.25) is 28.8 Å². The van der Waals surface area contributed by atoms with Gasteiger partial charge in [-0.15, -0.1) is 0 Å². The molecule has 1 heterocycles. The van der Waals surface area contributed by atoms with Crippen molar-refractivity contribution in [2.24, 2.45) is 22.7 Å². The Bertz CT molecular complexity index is 2110. The van der Waals surface area contributed by atoms with Crippen LogP contribution in [0.5, 0.6) is 0 Å². The minimum absolute atomic E-state index is 0.0531. The molecule has 12 atom stereocenters. The lowest BCUT2D eigenvalue weighted by molar-refractivity contribution is -0.302. The van der Waals surface area contributed by atoms with Crippen LogP contribution in [-0.2, 0) is 61.9 Å². The molecule has 16 nitrogen and oxygen atoms in total. The molecule has 4 fully saturated rings. The number of rotatable bonds is 12. The molecule has 1 saturated heterocycles. The van der Waals surface area contributed by atoms with Gasteiger partial charge in [-0.1, -0.05) is 62.0 Å². The Morgan fingerprint density at radius 1 is 0.823 bits per heavy atom. The second-order valence-corrected chi connectivity index (χ2v) is 17.4. The van der Waals surface area contributed by atoms with Crippen LogP contribution in [-0.4, -0.2) is 121 Å². The second-order valence-electron chi connectivity index (χ2n) is 17.4. The summed E-state index contributed by atoms with van der Waals surface area (Å²) >= 11 is 0. The zero-order valence-corrected chi connectivity index (χ0v) is 36.2. The lowest BCUT2D eigenvalue weighted by Crippen LogP contribution is -2.81. The number of ketones is 1. The van der Waals surface area contributed by atoms with Gasteiger partial charge in [0, 0.05) is 63.8 Å². The molecule has 2 aromatic carbocycles. The Morgan fingerprint density at radius 3 is 1.95 bits per heavy atom. The monoisotopic (exact) mass is 861 g/mol. The first kappa shape index (κ1) is 46.1. The maximum Gasteiger partial charge on any atom is 0.338 e. The molecule has 0 spiro atoms. The number of carbonyl (C=O) groups excluding carboxylic acids is 7. The van der Waals surface area contributed by atoms with Gasteiger partial charge < -0.3 is 43.2 Å². The third-order valence-corrected chi connectivity index (χ3v) is 13.5. The fraction of sp³-hybridized carbons (Fsp3) is 0.543. The van der Waals surface area contributed by atoms with E-state index >= 15 is 0 Å². The predicted molar refractivity (Wildman–Crippen MR) is 217 cm³/mol. The van der Waals surface area contributed by atoms with E-state index in [1.807, 2.05) is 49.3 Å². The van der Waals surface area contributed by atoms with Crippen molar-refractivity contribution in [2.45, 2.75) is 109 Å². The summed E-state index contributed by atoms with van der Waals surface area (Å²) < 4.78 is 43.2. The number of carbonyl (C=O) groups is 7. The Hall–Kier alpha value is -5.45. The summed E-state index contributed by atoms with van der Waals surface area (Å²) in [4.78, 5) is 98.0. The first-order valence-electron chi connectivity index (χ1n) is 20.5. The maximum absolute atomic E-state index is 14.5. The van der Waals surface area contributed by atoms with Gasteiger partial charge in [0.05, 0.1) is 24.0 Å². The highest BCUT2D eigenvalue weighted by atomic mass is 16.6. The molecule has 0 amide bonds. The molecule has 0 radical (unpaired) electrons. The van der Waals surface area contributed by atoms with Crippen LogP contribution < -0.4 is 0 Å². The Labute approximate surface area is 360 Å². The number of esters is 6. The summed E-state index contributed by atoms with van der Waals surface area (Å²) in [5.41, 5.74) is -7.44. The van der Waals surface area contributed by atoms with Crippen LogP contribution in [0.2, 0.25) is 0 Å². The van der Waals surface area contributed by atoms with Crippen LogP contribution in [0.1, 0.15) is 82.8 Å². The molecular weight excluding hydrogens is 806 g/mol. The minimum Gasteiger partial charge on any atom is -0.462 e. The van der Waals surface area contributed by atoms with Crippen molar-refractivity contribution in [2.75, 3.05) is 27.3 Å². The van der Waals surface area contributed by atoms with Crippen molar-refractivity contribution in [1.82, 2.24) is 4.90 Å². The van der Waals surface area contributed by atoms with Crippen molar-refractivity contribution < 1.29 is 71.8 Å². The molecule has 2 aromatic rings. The van der Waals surface area contributed by atoms with Crippen molar-refractivity contribution in [3.63, 3.8) is 0 Å². The second kappa shape index (κ2) is 17.4. The molecule has 3 aliphatic carbocycles. The van der Waals surface area contributed by atoms with E-state index in [0.717, 1.165) is 33.3 Å². The number of hydrogen-bond acceptors (Lipinski definition) is 16. The predicted octanol–water partition coefficient (Wildman–Crippen LogP) is 3.87. The van der Waals surface area contributed by atoms with E-state index in [0.29, 0.717) is 0 Å². The van der Waals surface area contributed by atoms with E-state index in [1.165, 1.54) is 19.1 Å². The molecule has 16 heteroatoms. The highest BCUT2D eigenvalue weighted by Crippen LogP contribution is 2.67. The van der Waals surface area contributed by atoms with Crippen LogP contribution in [0, 0.1) is 22.7 Å². The van der Waals surface area contributed by atoms with Gasteiger partial charge in [0.2, 0.25) is 0 Å². The van der Waals surface area contributed by atoms with E-state index < -0.39 is 119 Å². The summed E-state index contributed by atoms with van der Waals surface area (Å²) in [6, 6.07) is 16.7. The topological polar surface area (TPSA) is 208 Å². The number of aliphatic hydroxyl groups is 1. The van der Waals surface area contributed by atoms with Crippen molar-refractivity contribution in [3.8, 4) is 0 Å². The van der Waals surface area contributed by atoms with Gasteiger partial charge in [-0.2, -0.15) is 0 Å². The fourth-order valence-corrected chi connectivity index (χ4v) is 10.6. The molecule has 0 aromatic heterocycles. The van der Waals surface area contributed by atoms with Crippen molar-refractivity contribution in [1.29, 1.82) is 0 Å². The SMILES string of the molecule is C=C1[C@H](OC(=O)C[C@H](c2ccccc2)N(C)C)C[C@@H](OC(C)=O)[C@]2(COC(=O)c3ccccc3)[C@H](OC(C)=O)[C@@H](OC(C)=O)[C@]3(O)[C@@]4(C)CO[C@]3(C)C(=O)C[C@H]4[C@@H](OC(C)=O)[C@H]12. The minimum atomic E-state index is -2.55. The van der Waals surface area contributed by atoms with Gasteiger partial charge in [0.15, 0.2) is 23.6 Å². The van der Waals surface area contributed by atoms with Crippen LogP contribution in [0.25, 0.3) is 0 Å². The van der Waals surface area contributed by atoms with Crippen molar-refractivity contribution in [3.05, 3.63) is 83.9 Å². The smallest absolute Gasteiger partial charge is 0.338 e. The molecule has 334 valence electrons. The molecule has 4 aliphatic rings. The van der Waals surface area contributed by atoms with Crippen LogP contribution in [0.3, 0.4) is 0 Å². The molecule has 1 N–H and O–H groups in total. The van der Waals surface area contributed by atoms with Gasteiger partial charge in [0.25, 0.3) is 0 Å². The molecular formula is C46H55NO15. The number of fused-ring (bicyclic) bond motifs is 1. The van der Waals surface area contributed by atoms with Crippen LogP contribution >= 0.6 is 0 Å². The van der Waals surface area contributed by atoms with Gasteiger partial charge in [-0.05, 0) is 44.3 Å². The van der Waals surface area contributed by atoms with E-state index in [-0.39, 0.29) is 37.0 Å². The number of benzene rings is 2. The number of nitrogens with zero attached hydrogens (tertiary/aromatic N) is 1. The summed E-state index contributed by atoms with van der Waals surface area (Å²) in [5, 5.41) is 13.5. The van der Waals surface area contributed by atoms with E-state index in [1.54, 1.807) is 25.1 Å². The summed E-state index contributed by atoms with van der Waals surface area (Å²) in [6.45, 7) is 10.6. The molecule has 1 aliphatic heterocycles. The van der Waals surface area contributed by atoms with Crippen LogP contribution in [0.4, 0.5) is 0 Å². The summed E-state index contributed by atoms with van der Waals surface area (Å²) in [7, 11) is 3.62. The fourth-order valence-electron chi connectivity index (χ4n) is 10.6. The standard InChI is InChI=1S/C46H55NO15/c1-25-34(62-37(53)21-33(47(8)9)30-16-12-10-13-17-30)22-36(58-26(2)48)45(24-56-42(54)31-18-14-11-15-19-31)38(25)39(59-27(3)49)32-20-35(52)44(7)46(55,43(32,6)23-57-44)41(61-29(5)51)40(45)60-28(4)50/h10-19,32-34,36,38-41,55H,1,20-24H2,2-9H3/t32-,33+,34+,36+,38-,39+,40+,41+,43-,44+,45-,46-/m0/s1. The average Bonchev–Trinajstić information content (AvgIpc) is 3.35. The number of Topliss-reactive ketones (excluding diaryl/α,β-unsaturated/α-hetero) is 1. The summed E-state index contributed by atoms with van der Waals surface area (Å²) in [6.07, 6.45) is -9.27. The van der Waals surface area contributed by atoms with Crippen molar-refractivity contribution >= 4 is 41.6 Å². The largest absolute Gasteiger partial charge is 0.462 e. The van der Waals surface area contributed by atoms with E-state index in [9.17, 15) is 38.7 Å². The number of hydrogen-bond donors (Lipinski definition) is 1. The zero-order chi connectivity index (χ0) is 45.5. The quantitative estimate of drug-likeness (QED) is 0.183. The van der Waals surface area contributed by atoms with Gasteiger partial charge >= 0.3 is 35.8 Å². The van der Waals surface area contributed by atoms with E-state index in [4.69, 9.17) is 33.2 Å². The van der Waals surface area contributed by atoms with Crippen LogP contribution in [0.15, 0.2) is 72.8 Å². The third kappa shape index (κ3) is 7.81. The third-order valence-electron chi connectivity index (χ3n) is 13.5. The summed E-state index contributed by atoms with van der Waals surface area (Å²) in [5.74, 6) is -8.52. The van der Waals surface area contributed by atoms with Gasteiger partial charge in [-0.25, -0.2) is 4.79 Å². The maximum atomic E-state index is 14.5. The lowest BCUT2D eigenvalue weighted by Gasteiger charge is -2.65. The highest BCUT2D eigenvalue weighted by Gasteiger charge is 2.83. The Kier molecular flexibility index (Phi) is 12.9.